The van der Waals surface area contributed by atoms with Crippen molar-refractivity contribution in [2.75, 3.05) is 6.54 Å². The molecule has 0 bridgehead atoms. The molecule has 2 aromatic carbocycles. The third-order valence-electron chi connectivity index (χ3n) is 5.05. The van der Waals surface area contributed by atoms with E-state index in [0.29, 0.717) is 23.6 Å². The Balaban J connectivity index is 1.58. The third kappa shape index (κ3) is 5.15. The van der Waals surface area contributed by atoms with E-state index in [-0.39, 0.29) is 24.3 Å². The molecule has 4 aromatic rings. The van der Waals surface area contributed by atoms with E-state index in [0.717, 1.165) is 14.7 Å². The number of nitrogens with zero attached hydrogens (tertiary/aromatic N) is 4. The lowest BCUT2D eigenvalue weighted by molar-refractivity contribution is -0.121. The van der Waals surface area contributed by atoms with Crippen LogP contribution in [0.4, 0.5) is 4.39 Å². The van der Waals surface area contributed by atoms with E-state index >= 15 is 0 Å². The zero-order valence-corrected chi connectivity index (χ0v) is 18.1. The molecule has 0 radical (unpaired) electrons. The molecule has 0 aliphatic carbocycles. The number of fused-ring (bicyclic) bond motifs is 1. The first-order chi connectivity index (χ1) is 15.9. The SMILES string of the molecule is O=C(Cn1c(=O)n(Cc2ccc(F)cc2)c(=O)c2nccnc21)NCCc1ccc(Cl)cc1. The maximum atomic E-state index is 13.2. The minimum absolute atomic E-state index is 0.0238. The zero-order valence-electron chi connectivity index (χ0n) is 17.4. The molecule has 0 saturated carbocycles. The van der Waals surface area contributed by atoms with Gasteiger partial charge in [0.2, 0.25) is 5.91 Å². The largest absolute Gasteiger partial charge is 0.354 e. The summed E-state index contributed by atoms with van der Waals surface area (Å²) in [6.07, 6.45) is 3.27. The minimum atomic E-state index is -0.704. The number of aromatic nitrogens is 4. The highest BCUT2D eigenvalue weighted by molar-refractivity contribution is 6.30. The van der Waals surface area contributed by atoms with Gasteiger partial charge in [0.15, 0.2) is 11.2 Å². The molecule has 0 atom stereocenters. The fraction of sp³-hybridized carbons (Fsp3) is 0.174. The van der Waals surface area contributed by atoms with Crippen LogP contribution in [0.5, 0.6) is 0 Å². The lowest BCUT2D eigenvalue weighted by Gasteiger charge is -2.13. The molecule has 0 saturated heterocycles. The number of hydrogen-bond acceptors (Lipinski definition) is 5. The van der Waals surface area contributed by atoms with Gasteiger partial charge in [-0.3, -0.25) is 18.7 Å². The first-order valence-corrected chi connectivity index (χ1v) is 10.5. The normalized spacial score (nSPS) is 11.0. The summed E-state index contributed by atoms with van der Waals surface area (Å²) in [6.45, 7) is -0.0744. The van der Waals surface area contributed by atoms with Gasteiger partial charge in [-0.05, 0) is 41.8 Å². The number of hydrogen-bond donors (Lipinski definition) is 1. The topological polar surface area (TPSA) is 98.9 Å². The van der Waals surface area contributed by atoms with Crippen LogP contribution in [0.1, 0.15) is 11.1 Å². The second-order valence-electron chi connectivity index (χ2n) is 7.34. The molecule has 2 aromatic heterocycles. The van der Waals surface area contributed by atoms with Crippen molar-refractivity contribution in [1.29, 1.82) is 0 Å². The summed E-state index contributed by atoms with van der Waals surface area (Å²) in [5, 5.41) is 3.40. The lowest BCUT2D eigenvalue weighted by atomic mass is 10.1. The lowest BCUT2D eigenvalue weighted by Crippen LogP contribution is -2.43. The van der Waals surface area contributed by atoms with Gasteiger partial charge in [-0.2, -0.15) is 0 Å². The Hall–Kier alpha value is -3.85. The van der Waals surface area contributed by atoms with Gasteiger partial charge >= 0.3 is 5.69 Å². The molecule has 168 valence electrons. The third-order valence-corrected chi connectivity index (χ3v) is 5.30. The van der Waals surface area contributed by atoms with Crippen LogP contribution in [-0.2, 0) is 24.3 Å². The number of amides is 1. The van der Waals surface area contributed by atoms with E-state index in [4.69, 9.17) is 11.6 Å². The summed E-state index contributed by atoms with van der Waals surface area (Å²) < 4.78 is 15.3. The number of carbonyl (C=O) groups excluding carboxylic acids is 1. The Labute approximate surface area is 192 Å². The Kier molecular flexibility index (Phi) is 6.60. The highest BCUT2D eigenvalue weighted by Crippen LogP contribution is 2.09. The van der Waals surface area contributed by atoms with Crippen LogP contribution in [0, 0.1) is 5.82 Å². The van der Waals surface area contributed by atoms with Crippen LogP contribution in [0.2, 0.25) is 5.02 Å². The van der Waals surface area contributed by atoms with Crippen molar-refractivity contribution >= 4 is 28.7 Å². The Bertz CT molecular complexity index is 1420. The molecule has 4 rings (SSSR count). The molecule has 8 nitrogen and oxygen atoms in total. The fourth-order valence-corrected chi connectivity index (χ4v) is 3.51. The molecule has 33 heavy (non-hydrogen) atoms. The quantitative estimate of drug-likeness (QED) is 0.449. The molecular weight excluding hydrogens is 449 g/mol. The maximum Gasteiger partial charge on any atom is 0.333 e. The Morgan fingerprint density at radius 1 is 0.939 bits per heavy atom. The average Bonchev–Trinajstić information content (AvgIpc) is 2.82. The smallest absolute Gasteiger partial charge is 0.333 e. The van der Waals surface area contributed by atoms with Gasteiger partial charge in [-0.15, -0.1) is 0 Å². The summed E-state index contributed by atoms with van der Waals surface area (Å²) in [4.78, 5) is 46.7. The molecule has 0 aliphatic rings. The van der Waals surface area contributed by atoms with Gasteiger partial charge in [0.1, 0.15) is 12.4 Å². The molecule has 0 fully saturated rings. The van der Waals surface area contributed by atoms with Crippen molar-refractivity contribution in [3.8, 4) is 0 Å². The van der Waals surface area contributed by atoms with Crippen LogP contribution in [0.15, 0.2) is 70.5 Å². The van der Waals surface area contributed by atoms with Crippen LogP contribution < -0.4 is 16.6 Å². The van der Waals surface area contributed by atoms with E-state index < -0.39 is 23.0 Å². The van der Waals surface area contributed by atoms with Crippen LogP contribution in [-0.4, -0.2) is 31.6 Å². The summed E-state index contributed by atoms with van der Waals surface area (Å²) in [5.74, 6) is -0.840. The van der Waals surface area contributed by atoms with Gasteiger partial charge < -0.3 is 5.32 Å². The van der Waals surface area contributed by atoms with Crippen molar-refractivity contribution in [1.82, 2.24) is 24.4 Å². The number of nitrogens with one attached hydrogen (secondary N) is 1. The number of benzene rings is 2. The molecule has 10 heteroatoms. The van der Waals surface area contributed by atoms with Crippen molar-refractivity contribution in [2.24, 2.45) is 0 Å². The maximum absolute atomic E-state index is 13.2. The summed E-state index contributed by atoms with van der Waals surface area (Å²) >= 11 is 5.88. The van der Waals surface area contributed by atoms with Gasteiger partial charge in [0.25, 0.3) is 5.56 Å². The van der Waals surface area contributed by atoms with Gasteiger partial charge in [0.05, 0.1) is 6.54 Å². The predicted octanol–water partition coefficient (Wildman–Crippen LogP) is 2.15. The van der Waals surface area contributed by atoms with Crippen molar-refractivity contribution in [3.63, 3.8) is 0 Å². The Morgan fingerprint density at radius 3 is 2.33 bits per heavy atom. The minimum Gasteiger partial charge on any atom is -0.354 e. The monoisotopic (exact) mass is 467 g/mol. The van der Waals surface area contributed by atoms with Crippen molar-refractivity contribution in [2.45, 2.75) is 19.5 Å². The zero-order chi connectivity index (χ0) is 23.4. The van der Waals surface area contributed by atoms with Gasteiger partial charge in [-0.25, -0.2) is 19.2 Å². The molecule has 1 amide bonds. The Morgan fingerprint density at radius 2 is 1.61 bits per heavy atom. The van der Waals surface area contributed by atoms with Gasteiger partial charge in [0, 0.05) is 24.0 Å². The molecule has 0 unspecified atom stereocenters. The predicted molar refractivity (Wildman–Crippen MR) is 122 cm³/mol. The van der Waals surface area contributed by atoms with Gasteiger partial charge in [-0.1, -0.05) is 35.9 Å². The second-order valence-corrected chi connectivity index (χ2v) is 7.78. The number of halogens is 2. The number of carbonyl (C=O) groups is 1. The fourth-order valence-electron chi connectivity index (χ4n) is 3.38. The molecule has 1 N–H and O–H groups in total. The first kappa shape index (κ1) is 22.3. The number of rotatable bonds is 7. The van der Waals surface area contributed by atoms with E-state index in [2.05, 4.69) is 15.3 Å². The first-order valence-electron chi connectivity index (χ1n) is 10.1. The molecule has 0 aliphatic heterocycles. The van der Waals surface area contributed by atoms with Crippen LogP contribution in [0.25, 0.3) is 11.2 Å². The van der Waals surface area contributed by atoms with Crippen LogP contribution in [0.3, 0.4) is 0 Å². The summed E-state index contributed by atoms with van der Waals surface area (Å²) in [7, 11) is 0. The van der Waals surface area contributed by atoms with Crippen LogP contribution >= 0.6 is 11.6 Å². The van der Waals surface area contributed by atoms with E-state index in [1.165, 1.54) is 36.7 Å². The second kappa shape index (κ2) is 9.74. The summed E-state index contributed by atoms with van der Waals surface area (Å²) in [5.41, 5.74) is 0.208. The highest BCUT2D eigenvalue weighted by atomic mass is 35.5. The van der Waals surface area contributed by atoms with E-state index in [9.17, 15) is 18.8 Å². The molecule has 2 heterocycles. The molecule has 0 spiro atoms. The van der Waals surface area contributed by atoms with Crippen molar-refractivity contribution in [3.05, 3.63) is 104 Å². The van der Waals surface area contributed by atoms with E-state index in [1.54, 1.807) is 12.1 Å². The summed E-state index contributed by atoms with van der Waals surface area (Å²) in [6, 6.07) is 12.7. The average molecular weight is 468 g/mol. The standard InChI is InChI=1S/C23H19ClFN5O3/c24-17-5-1-15(2-6-17)9-10-26-19(31)14-29-21-20(27-11-12-28-21)22(32)30(23(29)33)13-16-3-7-18(25)8-4-16/h1-8,11-12H,9-10,13-14H2,(H,26,31). The van der Waals surface area contributed by atoms with E-state index in [1.807, 2.05) is 12.1 Å². The highest BCUT2D eigenvalue weighted by Gasteiger charge is 2.17. The van der Waals surface area contributed by atoms with Crippen molar-refractivity contribution < 1.29 is 9.18 Å². The molecular formula is C23H19ClFN5O3.